The van der Waals surface area contributed by atoms with Crippen molar-refractivity contribution in [3.05, 3.63) is 57.8 Å². The standard InChI is InChI=1S/C17H19F3N4O/c1-3-14(22-8-11-6-4-5-7-13(11)18)12-9-23-24(10(2)16(19)20)17(25)15(12)21/h4-7,9-10,16H,3,8,21H2,1-2H3. The smallest absolute Gasteiger partial charge is 0.291 e. The summed E-state index contributed by atoms with van der Waals surface area (Å²) in [6.07, 6.45) is -1.07. The third-order valence-corrected chi connectivity index (χ3v) is 3.83. The number of nitrogen functional groups attached to an aromatic ring is 1. The summed E-state index contributed by atoms with van der Waals surface area (Å²) < 4.78 is 39.9. The van der Waals surface area contributed by atoms with Crippen LogP contribution in [-0.4, -0.2) is 21.9 Å². The molecule has 0 radical (unpaired) electrons. The monoisotopic (exact) mass is 352 g/mol. The van der Waals surface area contributed by atoms with Gasteiger partial charge in [-0.3, -0.25) is 9.79 Å². The van der Waals surface area contributed by atoms with Gasteiger partial charge < -0.3 is 5.73 Å². The zero-order valence-corrected chi connectivity index (χ0v) is 13.9. The molecule has 8 heteroatoms. The van der Waals surface area contributed by atoms with E-state index >= 15 is 0 Å². The number of hydrogen-bond acceptors (Lipinski definition) is 4. The van der Waals surface area contributed by atoms with Gasteiger partial charge in [-0.2, -0.15) is 5.10 Å². The van der Waals surface area contributed by atoms with Crippen LogP contribution in [0.3, 0.4) is 0 Å². The fraction of sp³-hybridized carbons (Fsp3) is 0.353. The van der Waals surface area contributed by atoms with E-state index in [0.717, 1.165) is 0 Å². The Morgan fingerprint density at radius 1 is 1.36 bits per heavy atom. The molecule has 0 aliphatic heterocycles. The minimum atomic E-state index is -2.74. The fourth-order valence-corrected chi connectivity index (χ4v) is 2.30. The molecule has 0 saturated carbocycles. The Morgan fingerprint density at radius 3 is 2.64 bits per heavy atom. The highest BCUT2D eigenvalue weighted by Gasteiger charge is 2.21. The molecule has 1 atom stereocenters. The number of alkyl halides is 2. The quantitative estimate of drug-likeness (QED) is 0.812. The number of anilines is 1. The van der Waals surface area contributed by atoms with Crippen LogP contribution in [0.4, 0.5) is 18.9 Å². The molecular formula is C17H19F3N4O. The predicted octanol–water partition coefficient (Wildman–Crippen LogP) is 3.19. The van der Waals surface area contributed by atoms with Crippen molar-refractivity contribution in [2.24, 2.45) is 4.99 Å². The van der Waals surface area contributed by atoms with Crippen LogP contribution in [0.1, 0.15) is 37.4 Å². The number of rotatable bonds is 6. The van der Waals surface area contributed by atoms with E-state index in [4.69, 9.17) is 5.73 Å². The average molecular weight is 352 g/mol. The number of benzene rings is 1. The van der Waals surface area contributed by atoms with Crippen LogP contribution in [-0.2, 0) is 6.54 Å². The lowest BCUT2D eigenvalue weighted by atomic mass is 10.1. The van der Waals surface area contributed by atoms with E-state index in [9.17, 15) is 18.0 Å². The summed E-state index contributed by atoms with van der Waals surface area (Å²) in [7, 11) is 0. The maximum Gasteiger partial charge on any atom is 0.291 e. The van der Waals surface area contributed by atoms with E-state index in [1.807, 2.05) is 0 Å². The molecule has 0 aliphatic rings. The Hall–Kier alpha value is -2.64. The van der Waals surface area contributed by atoms with Gasteiger partial charge in [0.1, 0.15) is 17.5 Å². The number of halogens is 3. The molecular weight excluding hydrogens is 333 g/mol. The Balaban J connectivity index is 2.38. The summed E-state index contributed by atoms with van der Waals surface area (Å²) in [4.78, 5) is 16.5. The van der Waals surface area contributed by atoms with Crippen molar-refractivity contribution >= 4 is 11.4 Å². The lowest BCUT2D eigenvalue weighted by molar-refractivity contribution is 0.0830. The topological polar surface area (TPSA) is 73.3 Å². The number of nitrogens with two attached hydrogens (primary N) is 1. The largest absolute Gasteiger partial charge is 0.394 e. The molecule has 5 nitrogen and oxygen atoms in total. The Kier molecular flexibility index (Phi) is 5.95. The molecule has 2 aromatic rings. The molecule has 0 bridgehead atoms. The van der Waals surface area contributed by atoms with Crippen molar-refractivity contribution in [2.75, 3.05) is 5.73 Å². The highest BCUT2D eigenvalue weighted by molar-refractivity contribution is 6.04. The van der Waals surface area contributed by atoms with Crippen LogP contribution in [0.25, 0.3) is 0 Å². The number of hydrogen-bond donors (Lipinski definition) is 1. The zero-order valence-electron chi connectivity index (χ0n) is 13.9. The van der Waals surface area contributed by atoms with Gasteiger partial charge in [-0.05, 0) is 19.4 Å². The fourth-order valence-electron chi connectivity index (χ4n) is 2.30. The van der Waals surface area contributed by atoms with E-state index in [1.165, 1.54) is 19.2 Å². The predicted molar refractivity (Wildman–Crippen MR) is 90.6 cm³/mol. The van der Waals surface area contributed by atoms with Gasteiger partial charge in [0.2, 0.25) is 0 Å². The van der Waals surface area contributed by atoms with E-state index in [0.29, 0.717) is 22.4 Å². The molecule has 1 aromatic carbocycles. The molecule has 1 unspecified atom stereocenters. The van der Waals surface area contributed by atoms with Crippen molar-refractivity contribution in [3.8, 4) is 0 Å². The van der Waals surface area contributed by atoms with Gasteiger partial charge in [0.15, 0.2) is 0 Å². The van der Waals surface area contributed by atoms with Crippen molar-refractivity contribution in [1.29, 1.82) is 0 Å². The molecule has 1 heterocycles. The van der Waals surface area contributed by atoms with E-state index < -0.39 is 18.0 Å². The molecule has 25 heavy (non-hydrogen) atoms. The van der Waals surface area contributed by atoms with Crippen molar-refractivity contribution in [2.45, 2.75) is 39.3 Å². The Morgan fingerprint density at radius 2 is 2.04 bits per heavy atom. The van der Waals surface area contributed by atoms with E-state index in [-0.39, 0.29) is 23.6 Å². The first-order valence-electron chi connectivity index (χ1n) is 7.79. The van der Waals surface area contributed by atoms with Crippen LogP contribution in [0.15, 0.2) is 40.2 Å². The highest BCUT2D eigenvalue weighted by Crippen LogP contribution is 2.16. The number of aromatic nitrogens is 2. The molecule has 0 spiro atoms. The SMILES string of the molecule is CCC(=NCc1ccccc1F)c1cnn(C(C)C(F)F)c(=O)c1N. The van der Waals surface area contributed by atoms with Crippen molar-refractivity contribution < 1.29 is 13.2 Å². The second-order valence-corrected chi connectivity index (χ2v) is 5.50. The minimum absolute atomic E-state index is 0.0752. The van der Waals surface area contributed by atoms with Crippen LogP contribution in [0.2, 0.25) is 0 Å². The van der Waals surface area contributed by atoms with Gasteiger partial charge in [0, 0.05) is 16.8 Å². The van der Waals surface area contributed by atoms with E-state index in [2.05, 4.69) is 10.1 Å². The number of nitrogens with zero attached hydrogens (tertiary/aromatic N) is 3. The molecule has 1 aromatic heterocycles. The van der Waals surface area contributed by atoms with Gasteiger partial charge in [-0.15, -0.1) is 0 Å². The van der Waals surface area contributed by atoms with Crippen molar-refractivity contribution in [1.82, 2.24) is 9.78 Å². The summed E-state index contributed by atoms with van der Waals surface area (Å²) in [6, 6.07) is 4.83. The Bertz CT molecular complexity index is 833. The summed E-state index contributed by atoms with van der Waals surface area (Å²) in [5.74, 6) is -0.381. The average Bonchev–Trinajstić information content (AvgIpc) is 2.59. The molecule has 134 valence electrons. The van der Waals surface area contributed by atoms with Crippen LogP contribution in [0.5, 0.6) is 0 Å². The van der Waals surface area contributed by atoms with Gasteiger partial charge in [0.05, 0.1) is 12.7 Å². The van der Waals surface area contributed by atoms with Crippen LogP contribution in [0, 0.1) is 5.82 Å². The summed E-state index contributed by atoms with van der Waals surface area (Å²) in [6.45, 7) is 3.06. The van der Waals surface area contributed by atoms with Gasteiger partial charge >= 0.3 is 0 Å². The maximum absolute atomic E-state index is 13.7. The third-order valence-electron chi connectivity index (χ3n) is 3.83. The van der Waals surface area contributed by atoms with Gasteiger partial charge in [-0.1, -0.05) is 25.1 Å². The second kappa shape index (κ2) is 7.96. The van der Waals surface area contributed by atoms with Gasteiger partial charge in [0.25, 0.3) is 12.0 Å². The first-order chi connectivity index (χ1) is 11.9. The third kappa shape index (κ3) is 4.07. The summed E-state index contributed by atoms with van der Waals surface area (Å²) >= 11 is 0. The number of aliphatic imine (C=N–C) groups is 1. The van der Waals surface area contributed by atoms with Gasteiger partial charge in [-0.25, -0.2) is 17.9 Å². The lowest BCUT2D eigenvalue weighted by Gasteiger charge is -2.15. The van der Waals surface area contributed by atoms with E-state index in [1.54, 1.807) is 25.1 Å². The maximum atomic E-state index is 13.7. The summed E-state index contributed by atoms with van der Waals surface area (Å²) in [5, 5.41) is 3.79. The normalized spacial score (nSPS) is 13.3. The van der Waals surface area contributed by atoms with Crippen molar-refractivity contribution in [3.63, 3.8) is 0 Å². The molecule has 2 rings (SSSR count). The Labute approximate surface area is 143 Å². The van der Waals surface area contributed by atoms with Crippen LogP contribution < -0.4 is 11.3 Å². The molecule has 0 saturated heterocycles. The zero-order chi connectivity index (χ0) is 18.6. The minimum Gasteiger partial charge on any atom is -0.394 e. The second-order valence-electron chi connectivity index (χ2n) is 5.50. The summed E-state index contributed by atoms with van der Waals surface area (Å²) in [5.41, 5.74) is 5.97. The molecule has 2 N–H and O–H groups in total. The lowest BCUT2D eigenvalue weighted by Crippen LogP contribution is -2.32. The molecule has 0 amide bonds. The van der Waals surface area contributed by atoms with Crippen LogP contribution >= 0.6 is 0 Å². The first kappa shape index (κ1) is 18.7. The first-order valence-corrected chi connectivity index (χ1v) is 7.79. The molecule has 0 fully saturated rings. The highest BCUT2D eigenvalue weighted by atomic mass is 19.3. The molecule has 0 aliphatic carbocycles.